The van der Waals surface area contributed by atoms with Crippen molar-refractivity contribution in [2.75, 3.05) is 13.1 Å². The van der Waals surface area contributed by atoms with Gasteiger partial charge in [-0.1, -0.05) is 22.6 Å². The van der Waals surface area contributed by atoms with E-state index in [-0.39, 0.29) is 11.9 Å². The highest BCUT2D eigenvalue weighted by Crippen LogP contribution is 2.19. The number of nitrogens with two attached hydrogens (primary N) is 1. The van der Waals surface area contributed by atoms with Crippen molar-refractivity contribution in [3.05, 3.63) is 0 Å². The first-order valence-electron chi connectivity index (χ1n) is 4.28. The molecule has 70 valence electrons. The van der Waals surface area contributed by atoms with Crippen molar-refractivity contribution in [2.24, 2.45) is 5.73 Å². The molecule has 0 spiro atoms. The number of hydrogen-bond acceptors (Lipinski definition) is 2. The number of nitrogens with zero attached hydrogens (tertiary/aromatic N) is 1. The van der Waals surface area contributed by atoms with E-state index in [1.54, 1.807) is 0 Å². The van der Waals surface area contributed by atoms with Crippen LogP contribution < -0.4 is 5.73 Å². The smallest absolute Gasteiger partial charge is 0.234 e. The molecule has 0 bridgehead atoms. The van der Waals surface area contributed by atoms with Gasteiger partial charge in [0.1, 0.15) is 0 Å². The van der Waals surface area contributed by atoms with Crippen LogP contribution in [0.4, 0.5) is 0 Å². The molecule has 0 aromatic rings. The number of primary amides is 1. The lowest BCUT2D eigenvalue weighted by Gasteiger charge is -2.32. The van der Waals surface area contributed by atoms with Crippen LogP contribution in [0.25, 0.3) is 0 Å². The molecule has 4 heteroatoms. The molecule has 0 aliphatic carbocycles. The third-order valence-electron chi connectivity index (χ3n) is 2.42. The topological polar surface area (TPSA) is 46.3 Å². The Morgan fingerprint density at radius 1 is 1.58 bits per heavy atom. The van der Waals surface area contributed by atoms with E-state index < -0.39 is 0 Å². The maximum Gasteiger partial charge on any atom is 0.234 e. The summed E-state index contributed by atoms with van der Waals surface area (Å²) in [5, 5.41) is 0. The Labute approximate surface area is 86.8 Å². The molecular formula is C8H15IN2O. The molecule has 2 N–H and O–H groups in total. The van der Waals surface area contributed by atoms with Crippen molar-refractivity contribution in [2.45, 2.75) is 29.7 Å². The van der Waals surface area contributed by atoms with Crippen LogP contribution in [0.2, 0.25) is 0 Å². The number of likely N-dealkylation sites (tertiary alicyclic amines) is 1. The fourth-order valence-corrected chi connectivity index (χ4v) is 1.99. The van der Waals surface area contributed by atoms with Crippen molar-refractivity contribution in [1.29, 1.82) is 0 Å². The standard InChI is InChI=1S/C8H15IN2O/c1-6(8(10)12)11-4-2-7(9)3-5-11/h6-7H,2-5H2,1H3,(H2,10,12). The SMILES string of the molecule is CC(C(N)=O)N1CCC(I)CC1. The Morgan fingerprint density at radius 2 is 2.08 bits per heavy atom. The number of hydrogen-bond donors (Lipinski definition) is 1. The number of alkyl halides is 1. The highest BCUT2D eigenvalue weighted by molar-refractivity contribution is 14.1. The normalized spacial score (nSPS) is 23.8. The molecule has 12 heavy (non-hydrogen) atoms. The Balaban J connectivity index is 2.39. The van der Waals surface area contributed by atoms with E-state index in [9.17, 15) is 4.79 Å². The fourth-order valence-electron chi connectivity index (χ4n) is 1.44. The maximum atomic E-state index is 10.9. The van der Waals surface area contributed by atoms with E-state index in [2.05, 4.69) is 27.5 Å². The van der Waals surface area contributed by atoms with Crippen LogP contribution >= 0.6 is 22.6 Å². The maximum absolute atomic E-state index is 10.9. The van der Waals surface area contributed by atoms with Gasteiger partial charge in [-0.05, 0) is 32.9 Å². The van der Waals surface area contributed by atoms with Crippen LogP contribution in [-0.2, 0) is 4.79 Å². The van der Waals surface area contributed by atoms with Crippen molar-refractivity contribution in [1.82, 2.24) is 4.90 Å². The molecular weight excluding hydrogens is 267 g/mol. The lowest BCUT2D eigenvalue weighted by Crippen LogP contribution is -2.46. The van der Waals surface area contributed by atoms with Gasteiger partial charge in [-0.2, -0.15) is 0 Å². The monoisotopic (exact) mass is 282 g/mol. The lowest BCUT2D eigenvalue weighted by molar-refractivity contribution is -0.122. The van der Waals surface area contributed by atoms with Crippen LogP contribution in [0.3, 0.4) is 0 Å². The van der Waals surface area contributed by atoms with Gasteiger partial charge in [0, 0.05) is 3.92 Å². The largest absolute Gasteiger partial charge is 0.368 e. The van der Waals surface area contributed by atoms with Crippen LogP contribution in [0.5, 0.6) is 0 Å². The van der Waals surface area contributed by atoms with Gasteiger partial charge >= 0.3 is 0 Å². The predicted molar refractivity (Wildman–Crippen MR) is 57.3 cm³/mol. The van der Waals surface area contributed by atoms with Gasteiger partial charge in [0.15, 0.2) is 0 Å². The number of halogens is 1. The zero-order chi connectivity index (χ0) is 9.14. The molecule has 1 saturated heterocycles. The van der Waals surface area contributed by atoms with Crippen LogP contribution in [0.1, 0.15) is 19.8 Å². The summed E-state index contributed by atoms with van der Waals surface area (Å²) in [7, 11) is 0. The van der Waals surface area contributed by atoms with Gasteiger partial charge < -0.3 is 5.73 Å². The minimum absolute atomic E-state index is 0.0890. The van der Waals surface area contributed by atoms with Crippen molar-refractivity contribution in [3.63, 3.8) is 0 Å². The number of amides is 1. The highest BCUT2D eigenvalue weighted by atomic mass is 127. The minimum atomic E-state index is -0.207. The number of carbonyl (C=O) groups is 1. The highest BCUT2D eigenvalue weighted by Gasteiger charge is 2.23. The predicted octanol–water partition coefficient (Wildman–Crippen LogP) is 0.760. The number of carbonyl (C=O) groups excluding carboxylic acids is 1. The van der Waals surface area contributed by atoms with E-state index in [0.29, 0.717) is 0 Å². The fraction of sp³-hybridized carbons (Fsp3) is 0.875. The first-order valence-corrected chi connectivity index (χ1v) is 5.53. The minimum Gasteiger partial charge on any atom is -0.368 e. The second kappa shape index (κ2) is 4.41. The molecule has 1 unspecified atom stereocenters. The summed E-state index contributed by atoms with van der Waals surface area (Å²) in [5.41, 5.74) is 5.22. The summed E-state index contributed by atoms with van der Waals surface area (Å²) >= 11 is 2.46. The molecule has 1 fully saturated rings. The van der Waals surface area contributed by atoms with E-state index in [1.165, 1.54) is 12.8 Å². The Morgan fingerprint density at radius 3 is 2.50 bits per heavy atom. The summed E-state index contributed by atoms with van der Waals surface area (Å²) in [4.78, 5) is 13.0. The molecule has 1 atom stereocenters. The number of piperidine rings is 1. The van der Waals surface area contributed by atoms with Crippen molar-refractivity contribution >= 4 is 28.5 Å². The molecule has 3 nitrogen and oxygen atoms in total. The molecule has 0 radical (unpaired) electrons. The zero-order valence-corrected chi connectivity index (χ0v) is 9.45. The molecule has 0 saturated carbocycles. The molecule has 1 aliphatic rings. The summed E-state index contributed by atoms with van der Waals surface area (Å²) in [6, 6.07) is -0.0890. The zero-order valence-electron chi connectivity index (χ0n) is 7.29. The molecule has 0 aromatic carbocycles. The lowest BCUT2D eigenvalue weighted by atomic mass is 10.1. The Bertz CT molecular complexity index is 166. The quantitative estimate of drug-likeness (QED) is 0.600. The molecule has 0 aromatic heterocycles. The van der Waals surface area contributed by atoms with Crippen LogP contribution in [0, 0.1) is 0 Å². The van der Waals surface area contributed by atoms with Gasteiger partial charge in [-0.3, -0.25) is 9.69 Å². The van der Waals surface area contributed by atoms with Crippen molar-refractivity contribution < 1.29 is 4.79 Å². The average Bonchev–Trinajstić information content (AvgIpc) is 2.04. The van der Waals surface area contributed by atoms with Crippen LogP contribution in [0.15, 0.2) is 0 Å². The van der Waals surface area contributed by atoms with E-state index in [1.807, 2.05) is 6.92 Å². The summed E-state index contributed by atoms with van der Waals surface area (Å²) in [5.74, 6) is -0.207. The van der Waals surface area contributed by atoms with Gasteiger partial charge in [-0.25, -0.2) is 0 Å². The average molecular weight is 282 g/mol. The summed E-state index contributed by atoms with van der Waals surface area (Å²) < 4.78 is 0.777. The Kier molecular flexibility index (Phi) is 3.77. The van der Waals surface area contributed by atoms with Gasteiger partial charge in [0.25, 0.3) is 0 Å². The second-order valence-electron chi connectivity index (χ2n) is 3.29. The Hall–Kier alpha value is 0.160. The molecule has 1 amide bonds. The van der Waals surface area contributed by atoms with Gasteiger partial charge in [-0.15, -0.1) is 0 Å². The van der Waals surface area contributed by atoms with Crippen LogP contribution in [-0.4, -0.2) is 33.9 Å². The van der Waals surface area contributed by atoms with Gasteiger partial charge in [0.2, 0.25) is 5.91 Å². The third kappa shape index (κ3) is 2.58. The number of rotatable bonds is 2. The summed E-state index contributed by atoms with van der Waals surface area (Å²) in [6.07, 6.45) is 2.36. The van der Waals surface area contributed by atoms with Crippen molar-refractivity contribution in [3.8, 4) is 0 Å². The summed E-state index contributed by atoms with van der Waals surface area (Å²) in [6.45, 7) is 3.91. The van der Waals surface area contributed by atoms with E-state index in [0.717, 1.165) is 17.0 Å². The van der Waals surface area contributed by atoms with E-state index >= 15 is 0 Å². The second-order valence-corrected chi connectivity index (χ2v) is 5.05. The molecule has 1 heterocycles. The first kappa shape index (κ1) is 10.2. The molecule has 1 rings (SSSR count). The van der Waals surface area contributed by atoms with E-state index in [4.69, 9.17) is 5.73 Å². The third-order valence-corrected chi connectivity index (χ3v) is 3.66. The van der Waals surface area contributed by atoms with Gasteiger partial charge in [0.05, 0.1) is 6.04 Å². The first-order chi connectivity index (χ1) is 5.61. The molecule has 1 aliphatic heterocycles.